The van der Waals surface area contributed by atoms with Crippen molar-refractivity contribution in [2.75, 3.05) is 17.3 Å². The van der Waals surface area contributed by atoms with Crippen LogP contribution < -0.4 is 10.2 Å². The quantitative estimate of drug-likeness (QED) is 0.802. The van der Waals surface area contributed by atoms with Gasteiger partial charge < -0.3 is 10.2 Å². The number of hydrogen-bond donors (Lipinski definition) is 1. The average Bonchev–Trinajstić information content (AvgIpc) is 2.61. The lowest BCUT2D eigenvalue weighted by Crippen LogP contribution is -2.22. The molecule has 0 saturated heterocycles. The van der Waals surface area contributed by atoms with Gasteiger partial charge in [0.2, 0.25) is 11.8 Å². The van der Waals surface area contributed by atoms with E-state index in [1.165, 1.54) is 11.8 Å². The molecule has 0 bridgehead atoms. The SMILES string of the molecule is CC(=O)N(C)c1ccc(NC(=O)CCC(=O)c2cc(C)ccc2C)cc1. The van der Waals surface area contributed by atoms with Crippen LogP contribution in [0.25, 0.3) is 0 Å². The monoisotopic (exact) mass is 352 g/mol. The number of nitrogens with zero attached hydrogens (tertiary/aromatic N) is 1. The second kappa shape index (κ2) is 8.43. The number of anilines is 2. The average molecular weight is 352 g/mol. The zero-order chi connectivity index (χ0) is 19.3. The zero-order valence-corrected chi connectivity index (χ0v) is 15.6. The van der Waals surface area contributed by atoms with Crippen molar-refractivity contribution in [3.8, 4) is 0 Å². The highest BCUT2D eigenvalue weighted by molar-refractivity contribution is 6.01. The Labute approximate surface area is 154 Å². The highest BCUT2D eigenvalue weighted by Crippen LogP contribution is 2.18. The minimum Gasteiger partial charge on any atom is -0.326 e. The van der Waals surface area contributed by atoms with E-state index in [0.29, 0.717) is 11.3 Å². The summed E-state index contributed by atoms with van der Waals surface area (Å²) in [5.74, 6) is -0.303. The van der Waals surface area contributed by atoms with Crippen molar-refractivity contribution in [2.45, 2.75) is 33.6 Å². The van der Waals surface area contributed by atoms with Crippen molar-refractivity contribution in [3.05, 3.63) is 59.2 Å². The van der Waals surface area contributed by atoms with Crippen LogP contribution in [0.5, 0.6) is 0 Å². The van der Waals surface area contributed by atoms with Crippen LogP contribution in [0, 0.1) is 13.8 Å². The van der Waals surface area contributed by atoms with E-state index in [4.69, 9.17) is 0 Å². The first-order valence-corrected chi connectivity index (χ1v) is 8.52. The van der Waals surface area contributed by atoms with Crippen LogP contribution in [0.15, 0.2) is 42.5 Å². The van der Waals surface area contributed by atoms with Crippen molar-refractivity contribution >= 4 is 29.0 Å². The predicted octanol–water partition coefficient (Wildman–Crippen LogP) is 3.89. The molecule has 5 heteroatoms. The molecule has 0 heterocycles. The fourth-order valence-corrected chi connectivity index (χ4v) is 2.57. The molecule has 0 fully saturated rings. The van der Waals surface area contributed by atoms with Gasteiger partial charge in [-0.2, -0.15) is 0 Å². The van der Waals surface area contributed by atoms with Gasteiger partial charge in [0, 0.05) is 43.8 Å². The summed E-state index contributed by atoms with van der Waals surface area (Å²) < 4.78 is 0. The van der Waals surface area contributed by atoms with E-state index in [-0.39, 0.29) is 30.4 Å². The van der Waals surface area contributed by atoms with E-state index in [2.05, 4.69) is 5.32 Å². The second-order valence-corrected chi connectivity index (χ2v) is 6.41. The molecule has 0 saturated carbocycles. The maximum atomic E-state index is 12.3. The van der Waals surface area contributed by atoms with Crippen molar-refractivity contribution in [1.29, 1.82) is 0 Å². The first-order chi connectivity index (χ1) is 12.3. The molecule has 0 aliphatic carbocycles. The Kier molecular flexibility index (Phi) is 6.28. The zero-order valence-electron chi connectivity index (χ0n) is 15.6. The normalized spacial score (nSPS) is 10.3. The topological polar surface area (TPSA) is 66.5 Å². The number of Topliss-reactive ketones (excluding diaryl/α,β-unsaturated/α-hetero) is 1. The summed E-state index contributed by atoms with van der Waals surface area (Å²) >= 11 is 0. The molecule has 0 spiro atoms. The molecular formula is C21H24N2O3. The molecule has 2 aromatic rings. The summed E-state index contributed by atoms with van der Waals surface area (Å²) in [5.41, 5.74) is 4.01. The summed E-state index contributed by atoms with van der Waals surface area (Å²) in [6, 6.07) is 12.7. The van der Waals surface area contributed by atoms with Crippen molar-refractivity contribution in [3.63, 3.8) is 0 Å². The molecular weight excluding hydrogens is 328 g/mol. The summed E-state index contributed by atoms with van der Waals surface area (Å²) in [6.45, 7) is 5.32. The number of carbonyl (C=O) groups is 3. The highest BCUT2D eigenvalue weighted by atomic mass is 16.2. The molecule has 2 aromatic carbocycles. The van der Waals surface area contributed by atoms with Gasteiger partial charge in [0.05, 0.1) is 0 Å². The first-order valence-electron chi connectivity index (χ1n) is 8.52. The van der Waals surface area contributed by atoms with Gasteiger partial charge >= 0.3 is 0 Å². The molecule has 2 amide bonds. The second-order valence-electron chi connectivity index (χ2n) is 6.41. The van der Waals surface area contributed by atoms with Gasteiger partial charge in [-0.05, 0) is 49.7 Å². The van der Waals surface area contributed by atoms with Gasteiger partial charge in [0.15, 0.2) is 5.78 Å². The van der Waals surface area contributed by atoms with Crippen molar-refractivity contribution < 1.29 is 14.4 Å². The number of amides is 2. The van der Waals surface area contributed by atoms with E-state index in [1.54, 1.807) is 31.3 Å². The largest absolute Gasteiger partial charge is 0.326 e. The number of aryl methyl sites for hydroxylation is 2. The Balaban J connectivity index is 1.91. The number of carbonyl (C=O) groups excluding carboxylic acids is 3. The van der Waals surface area contributed by atoms with Crippen LogP contribution in [0.2, 0.25) is 0 Å². The molecule has 1 N–H and O–H groups in total. The van der Waals surface area contributed by atoms with Crippen LogP contribution in [-0.4, -0.2) is 24.6 Å². The summed E-state index contributed by atoms with van der Waals surface area (Å²) in [4.78, 5) is 37.3. The van der Waals surface area contributed by atoms with E-state index >= 15 is 0 Å². The van der Waals surface area contributed by atoms with Crippen molar-refractivity contribution in [2.24, 2.45) is 0 Å². The lowest BCUT2D eigenvalue weighted by molar-refractivity contribution is -0.117. The number of nitrogens with one attached hydrogen (secondary N) is 1. The van der Waals surface area contributed by atoms with Crippen LogP contribution in [0.3, 0.4) is 0 Å². The Bertz CT molecular complexity index is 826. The fourth-order valence-electron chi connectivity index (χ4n) is 2.57. The molecule has 0 radical (unpaired) electrons. The van der Waals surface area contributed by atoms with E-state index in [1.807, 2.05) is 32.0 Å². The molecule has 2 rings (SSSR count). The summed E-state index contributed by atoms with van der Waals surface area (Å²) in [6.07, 6.45) is 0.294. The molecule has 0 aliphatic heterocycles. The number of hydrogen-bond acceptors (Lipinski definition) is 3. The van der Waals surface area contributed by atoms with Crippen LogP contribution >= 0.6 is 0 Å². The molecule has 136 valence electrons. The highest BCUT2D eigenvalue weighted by Gasteiger charge is 2.12. The van der Waals surface area contributed by atoms with Crippen LogP contribution in [0.4, 0.5) is 11.4 Å². The number of ketones is 1. The Hall–Kier alpha value is -2.95. The van der Waals surface area contributed by atoms with Crippen molar-refractivity contribution in [1.82, 2.24) is 0 Å². The summed E-state index contributed by atoms with van der Waals surface area (Å²) in [7, 11) is 1.69. The Morgan fingerprint density at radius 2 is 1.62 bits per heavy atom. The van der Waals surface area contributed by atoms with Gasteiger partial charge in [-0.15, -0.1) is 0 Å². The standard InChI is InChI=1S/C21H24N2O3/c1-14-5-6-15(2)19(13-14)20(25)11-12-21(26)22-17-7-9-18(10-8-17)23(4)16(3)24/h5-10,13H,11-12H2,1-4H3,(H,22,26). The molecule has 26 heavy (non-hydrogen) atoms. The van der Waals surface area contributed by atoms with Gasteiger partial charge in [-0.1, -0.05) is 17.7 Å². The van der Waals surface area contributed by atoms with Crippen LogP contribution in [-0.2, 0) is 9.59 Å². The third-order valence-corrected chi connectivity index (χ3v) is 4.28. The third kappa shape index (κ3) is 5.02. The minimum atomic E-state index is -0.212. The summed E-state index contributed by atoms with van der Waals surface area (Å²) in [5, 5.41) is 2.78. The number of rotatable bonds is 6. The van der Waals surface area contributed by atoms with Gasteiger partial charge in [-0.3, -0.25) is 14.4 Å². The van der Waals surface area contributed by atoms with Gasteiger partial charge in [-0.25, -0.2) is 0 Å². The lowest BCUT2D eigenvalue weighted by Gasteiger charge is -2.15. The lowest BCUT2D eigenvalue weighted by atomic mass is 9.99. The number of benzene rings is 2. The molecule has 0 aromatic heterocycles. The van der Waals surface area contributed by atoms with E-state index in [9.17, 15) is 14.4 Å². The molecule has 0 unspecified atom stereocenters. The maximum Gasteiger partial charge on any atom is 0.224 e. The van der Waals surface area contributed by atoms with Gasteiger partial charge in [0.1, 0.15) is 0 Å². The fraction of sp³-hybridized carbons (Fsp3) is 0.286. The smallest absolute Gasteiger partial charge is 0.224 e. The predicted molar refractivity (Wildman–Crippen MR) is 104 cm³/mol. The minimum absolute atomic E-state index is 0.0280. The van der Waals surface area contributed by atoms with Crippen LogP contribution in [0.1, 0.15) is 41.3 Å². The molecule has 0 atom stereocenters. The Morgan fingerprint density at radius 3 is 2.23 bits per heavy atom. The first kappa shape index (κ1) is 19.4. The molecule has 5 nitrogen and oxygen atoms in total. The van der Waals surface area contributed by atoms with Gasteiger partial charge in [0.25, 0.3) is 0 Å². The third-order valence-electron chi connectivity index (χ3n) is 4.28. The molecule has 0 aliphatic rings. The Morgan fingerprint density at radius 1 is 0.962 bits per heavy atom. The van der Waals surface area contributed by atoms with E-state index < -0.39 is 0 Å². The maximum absolute atomic E-state index is 12.3. The van der Waals surface area contributed by atoms with E-state index in [0.717, 1.165) is 16.8 Å².